The summed E-state index contributed by atoms with van der Waals surface area (Å²) in [7, 11) is 0. The van der Waals surface area contributed by atoms with E-state index in [-0.39, 0.29) is 12.0 Å². The van der Waals surface area contributed by atoms with Gasteiger partial charge in [0, 0.05) is 6.61 Å². The van der Waals surface area contributed by atoms with Crippen LogP contribution in [0, 0.1) is 0 Å². The first kappa shape index (κ1) is 10.6. The molecule has 1 amide bonds. The molecule has 1 unspecified atom stereocenters. The SMILES string of the molecule is O=C1CNc2ccccc2N1CC1CCCO1. The summed E-state index contributed by atoms with van der Waals surface area (Å²) in [6.07, 6.45) is 2.36. The molecule has 2 aliphatic heterocycles. The van der Waals surface area contributed by atoms with Gasteiger partial charge in [-0.3, -0.25) is 4.79 Å². The van der Waals surface area contributed by atoms with E-state index in [0.717, 1.165) is 30.8 Å². The Kier molecular flexibility index (Phi) is 2.73. The molecular weight excluding hydrogens is 216 g/mol. The number of fused-ring (bicyclic) bond motifs is 1. The molecule has 2 aliphatic rings. The molecule has 0 aromatic heterocycles. The van der Waals surface area contributed by atoms with Gasteiger partial charge in [-0.2, -0.15) is 0 Å². The van der Waals surface area contributed by atoms with Gasteiger partial charge in [0.15, 0.2) is 0 Å². The molecule has 1 N–H and O–H groups in total. The molecule has 90 valence electrons. The predicted molar refractivity (Wildman–Crippen MR) is 66.3 cm³/mol. The molecule has 3 rings (SSSR count). The van der Waals surface area contributed by atoms with Gasteiger partial charge < -0.3 is 15.0 Å². The average Bonchev–Trinajstić information content (AvgIpc) is 2.86. The van der Waals surface area contributed by atoms with E-state index in [1.807, 2.05) is 29.2 Å². The third kappa shape index (κ3) is 2.00. The van der Waals surface area contributed by atoms with Crippen molar-refractivity contribution in [2.75, 3.05) is 29.9 Å². The molecule has 0 aliphatic carbocycles. The molecule has 2 heterocycles. The van der Waals surface area contributed by atoms with Crippen LogP contribution in [0.15, 0.2) is 24.3 Å². The van der Waals surface area contributed by atoms with Crippen LogP contribution in [-0.2, 0) is 9.53 Å². The first-order chi connectivity index (χ1) is 8.34. The normalized spacial score (nSPS) is 23.4. The lowest BCUT2D eigenvalue weighted by Gasteiger charge is -2.31. The number of anilines is 2. The van der Waals surface area contributed by atoms with Crippen molar-refractivity contribution >= 4 is 17.3 Å². The Bertz CT molecular complexity index is 427. The summed E-state index contributed by atoms with van der Waals surface area (Å²) in [6.45, 7) is 1.88. The van der Waals surface area contributed by atoms with Gasteiger partial charge in [0.2, 0.25) is 5.91 Å². The van der Waals surface area contributed by atoms with Crippen molar-refractivity contribution < 1.29 is 9.53 Å². The molecule has 1 saturated heterocycles. The van der Waals surface area contributed by atoms with Crippen LogP contribution in [0.2, 0.25) is 0 Å². The molecule has 0 radical (unpaired) electrons. The maximum absolute atomic E-state index is 12.0. The number of rotatable bonds is 2. The largest absolute Gasteiger partial charge is 0.376 e. The Balaban J connectivity index is 1.84. The Morgan fingerprint density at radius 1 is 1.41 bits per heavy atom. The monoisotopic (exact) mass is 232 g/mol. The van der Waals surface area contributed by atoms with Crippen LogP contribution in [-0.4, -0.2) is 31.7 Å². The van der Waals surface area contributed by atoms with E-state index in [9.17, 15) is 4.79 Å². The number of ether oxygens (including phenoxy) is 1. The summed E-state index contributed by atoms with van der Waals surface area (Å²) in [6, 6.07) is 7.92. The van der Waals surface area contributed by atoms with Crippen LogP contribution < -0.4 is 10.2 Å². The van der Waals surface area contributed by atoms with Gasteiger partial charge in [-0.25, -0.2) is 0 Å². The zero-order chi connectivity index (χ0) is 11.7. The van der Waals surface area contributed by atoms with Crippen molar-refractivity contribution in [1.29, 1.82) is 0 Å². The fourth-order valence-corrected chi connectivity index (χ4v) is 2.45. The van der Waals surface area contributed by atoms with Crippen LogP contribution in [0.1, 0.15) is 12.8 Å². The van der Waals surface area contributed by atoms with Gasteiger partial charge in [-0.15, -0.1) is 0 Å². The summed E-state index contributed by atoms with van der Waals surface area (Å²) in [5.74, 6) is 0.124. The molecule has 1 atom stereocenters. The van der Waals surface area contributed by atoms with Crippen LogP contribution in [0.3, 0.4) is 0 Å². The van der Waals surface area contributed by atoms with E-state index in [2.05, 4.69) is 5.32 Å². The van der Waals surface area contributed by atoms with Crippen molar-refractivity contribution in [2.24, 2.45) is 0 Å². The molecular formula is C13H16N2O2. The zero-order valence-corrected chi connectivity index (χ0v) is 9.69. The van der Waals surface area contributed by atoms with Gasteiger partial charge in [-0.1, -0.05) is 12.1 Å². The molecule has 0 spiro atoms. The predicted octanol–water partition coefficient (Wildman–Crippen LogP) is 1.62. The lowest BCUT2D eigenvalue weighted by Crippen LogP contribution is -2.43. The van der Waals surface area contributed by atoms with Crippen LogP contribution in [0.5, 0.6) is 0 Å². The third-order valence-corrected chi connectivity index (χ3v) is 3.34. The summed E-state index contributed by atoms with van der Waals surface area (Å²) in [5, 5.41) is 3.14. The average molecular weight is 232 g/mol. The second-order valence-corrected chi connectivity index (χ2v) is 4.51. The molecule has 1 aromatic rings. The number of nitrogens with one attached hydrogen (secondary N) is 1. The zero-order valence-electron chi connectivity index (χ0n) is 9.69. The van der Waals surface area contributed by atoms with Crippen LogP contribution in [0.25, 0.3) is 0 Å². The molecule has 4 nitrogen and oxygen atoms in total. The minimum Gasteiger partial charge on any atom is -0.376 e. The Hall–Kier alpha value is -1.55. The first-order valence-electron chi connectivity index (χ1n) is 6.09. The molecule has 17 heavy (non-hydrogen) atoms. The highest BCUT2D eigenvalue weighted by Gasteiger charge is 2.27. The molecule has 4 heteroatoms. The highest BCUT2D eigenvalue weighted by Crippen LogP contribution is 2.30. The second kappa shape index (κ2) is 4.37. The van der Waals surface area contributed by atoms with E-state index in [1.54, 1.807) is 0 Å². The Morgan fingerprint density at radius 3 is 3.12 bits per heavy atom. The number of nitrogens with zero attached hydrogens (tertiary/aromatic N) is 1. The summed E-state index contributed by atoms with van der Waals surface area (Å²) in [4.78, 5) is 13.8. The van der Waals surface area contributed by atoms with Gasteiger partial charge in [0.1, 0.15) is 0 Å². The minimum absolute atomic E-state index is 0.124. The fraction of sp³-hybridized carbons (Fsp3) is 0.462. The number of hydrogen-bond acceptors (Lipinski definition) is 3. The second-order valence-electron chi connectivity index (χ2n) is 4.51. The molecule has 0 bridgehead atoms. The van der Waals surface area contributed by atoms with Crippen molar-refractivity contribution in [1.82, 2.24) is 0 Å². The molecule has 0 saturated carbocycles. The van der Waals surface area contributed by atoms with Gasteiger partial charge in [0.05, 0.1) is 30.6 Å². The smallest absolute Gasteiger partial charge is 0.246 e. The van der Waals surface area contributed by atoms with E-state index < -0.39 is 0 Å². The maximum Gasteiger partial charge on any atom is 0.246 e. The van der Waals surface area contributed by atoms with Gasteiger partial charge in [0.25, 0.3) is 0 Å². The number of carbonyl (C=O) groups is 1. The Labute approximate surface area is 101 Å². The van der Waals surface area contributed by atoms with E-state index in [4.69, 9.17) is 4.74 Å². The summed E-state index contributed by atoms with van der Waals surface area (Å²) >= 11 is 0. The van der Waals surface area contributed by atoms with E-state index in [0.29, 0.717) is 13.1 Å². The fourth-order valence-electron chi connectivity index (χ4n) is 2.45. The maximum atomic E-state index is 12.0. The highest BCUT2D eigenvalue weighted by atomic mass is 16.5. The van der Waals surface area contributed by atoms with Crippen molar-refractivity contribution in [2.45, 2.75) is 18.9 Å². The van der Waals surface area contributed by atoms with Gasteiger partial charge in [-0.05, 0) is 25.0 Å². The van der Waals surface area contributed by atoms with Gasteiger partial charge >= 0.3 is 0 Å². The Morgan fingerprint density at radius 2 is 2.29 bits per heavy atom. The molecule has 1 fully saturated rings. The van der Waals surface area contributed by atoms with Crippen molar-refractivity contribution in [3.05, 3.63) is 24.3 Å². The molecule has 1 aromatic carbocycles. The van der Waals surface area contributed by atoms with E-state index in [1.165, 1.54) is 0 Å². The number of hydrogen-bond donors (Lipinski definition) is 1. The van der Waals surface area contributed by atoms with Crippen LogP contribution >= 0.6 is 0 Å². The standard InChI is InChI=1S/C13H16N2O2/c16-13-8-14-11-5-1-2-6-12(11)15(13)9-10-4-3-7-17-10/h1-2,5-6,10,14H,3-4,7-9H2. The quantitative estimate of drug-likeness (QED) is 0.842. The number of para-hydroxylation sites is 2. The van der Waals surface area contributed by atoms with E-state index >= 15 is 0 Å². The first-order valence-corrected chi connectivity index (χ1v) is 6.09. The highest BCUT2D eigenvalue weighted by molar-refractivity contribution is 6.02. The lowest BCUT2D eigenvalue weighted by molar-refractivity contribution is -0.117. The topological polar surface area (TPSA) is 41.6 Å². The van der Waals surface area contributed by atoms with Crippen molar-refractivity contribution in [3.8, 4) is 0 Å². The lowest BCUT2D eigenvalue weighted by atomic mass is 10.1. The number of carbonyl (C=O) groups excluding carboxylic acids is 1. The third-order valence-electron chi connectivity index (χ3n) is 3.34. The summed E-state index contributed by atoms with van der Waals surface area (Å²) in [5.41, 5.74) is 2.00. The van der Waals surface area contributed by atoms with Crippen LogP contribution in [0.4, 0.5) is 11.4 Å². The summed E-state index contributed by atoms with van der Waals surface area (Å²) < 4.78 is 5.60. The number of benzene rings is 1. The number of amides is 1. The minimum atomic E-state index is 0.124. The van der Waals surface area contributed by atoms with Crippen molar-refractivity contribution in [3.63, 3.8) is 0 Å².